The van der Waals surface area contributed by atoms with E-state index in [0.717, 1.165) is 18.8 Å². The Morgan fingerprint density at radius 2 is 2.00 bits per heavy atom. The van der Waals surface area contributed by atoms with Gasteiger partial charge in [0.05, 0.1) is 13.2 Å². The number of ether oxygens (including phenoxy) is 1. The largest absolute Gasteiger partial charge is 0.494 e. The minimum atomic E-state index is -0.450. The molecule has 0 aliphatic heterocycles. The van der Waals surface area contributed by atoms with Crippen molar-refractivity contribution in [3.63, 3.8) is 0 Å². The van der Waals surface area contributed by atoms with Gasteiger partial charge in [0, 0.05) is 6.42 Å². The normalized spacial score (nSPS) is 24.4. The van der Waals surface area contributed by atoms with Crippen LogP contribution in [-0.4, -0.2) is 18.3 Å². The van der Waals surface area contributed by atoms with Crippen molar-refractivity contribution in [2.75, 3.05) is 7.11 Å². The molecule has 0 heterocycles. The minimum absolute atomic E-state index is 0.254. The fraction of sp³-hybridized carbons (Fsp3) is 0.647. The van der Waals surface area contributed by atoms with Crippen molar-refractivity contribution in [2.24, 2.45) is 11.8 Å². The van der Waals surface area contributed by atoms with Crippen LogP contribution in [0.3, 0.4) is 0 Å². The molecule has 2 nitrogen and oxygen atoms in total. The zero-order chi connectivity index (χ0) is 14.5. The highest BCUT2D eigenvalue weighted by Gasteiger charge is 2.26. The van der Waals surface area contributed by atoms with Crippen molar-refractivity contribution in [1.82, 2.24) is 0 Å². The van der Waals surface area contributed by atoms with Crippen molar-refractivity contribution in [2.45, 2.75) is 51.6 Å². The van der Waals surface area contributed by atoms with Crippen LogP contribution in [0, 0.1) is 17.7 Å². The van der Waals surface area contributed by atoms with Crippen molar-refractivity contribution in [1.29, 1.82) is 0 Å². The Labute approximate surface area is 121 Å². The van der Waals surface area contributed by atoms with Crippen LogP contribution in [0.5, 0.6) is 5.75 Å². The topological polar surface area (TPSA) is 29.5 Å². The fourth-order valence-corrected chi connectivity index (χ4v) is 3.24. The number of hydrogen-bond donors (Lipinski definition) is 1. The molecule has 2 rings (SSSR count). The van der Waals surface area contributed by atoms with Gasteiger partial charge in [0.1, 0.15) is 0 Å². The Hall–Kier alpha value is -1.09. The first-order valence-corrected chi connectivity index (χ1v) is 7.65. The number of rotatable bonds is 5. The van der Waals surface area contributed by atoms with Crippen LogP contribution in [-0.2, 0) is 6.42 Å². The smallest absolute Gasteiger partial charge is 0.168 e. The molecule has 3 heteroatoms. The molecule has 1 N–H and O–H groups in total. The average molecular weight is 280 g/mol. The van der Waals surface area contributed by atoms with Gasteiger partial charge in [-0.15, -0.1) is 0 Å². The molecule has 1 aromatic carbocycles. The quantitative estimate of drug-likeness (QED) is 0.884. The zero-order valence-electron chi connectivity index (χ0n) is 12.4. The lowest BCUT2D eigenvalue weighted by molar-refractivity contribution is 0.0727. The molecule has 1 unspecified atom stereocenters. The Bertz CT molecular complexity index is 425. The molecular weight excluding hydrogens is 255 g/mol. The van der Waals surface area contributed by atoms with E-state index in [1.54, 1.807) is 18.2 Å². The minimum Gasteiger partial charge on any atom is -0.494 e. The molecule has 1 saturated carbocycles. The molecule has 0 aromatic heterocycles. The summed E-state index contributed by atoms with van der Waals surface area (Å²) in [6.45, 7) is 2.23. The van der Waals surface area contributed by atoms with E-state index in [2.05, 4.69) is 6.92 Å². The standard InChI is InChI=1S/C17H25FO2/c1-3-12-7-9-13(10-8-12)15(19)11-14-5-4-6-16(20-2)17(14)18/h4-6,12-13,15,19H,3,7-11H2,1-2H3. The van der Waals surface area contributed by atoms with Gasteiger partial charge in [-0.3, -0.25) is 0 Å². The SMILES string of the molecule is CCC1CCC(C(O)Cc2cccc(OC)c2F)CC1. The third-order valence-corrected chi connectivity index (χ3v) is 4.71. The monoisotopic (exact) mass is 280 g/mol. The van der Waals surface area contributed by atoms with Gasteiger partial charge in [-0.25, -0.2) is 4.39 Å². The number of aliphatic hydroxyl groups excluding tert-OH is 1. The van der Waals surface area contributed by atoms with Crippen molar-refractivity contribution >= 4 is 0 Å². The summed E-state index contributed by atoms with van der Waals surface area (Å²) in [7, 11) is 1.46. The predicted octanol–water partition coefficient (Wildman–Crippen LogP) is 3.95. The van der Waals surface area contributed by atoms with Gasteiger partial charge in [0.15, 0.2) is 11.6 Å². The first-order chi connectivity index (χ1) is 9.65. The number of methoxy groups -OCH3 is 1. The van der Waals surface area contributed by atoms with Crippen LogP contribution in [0.2, 0.25) is 0 Å². The number of aliphatic hydroxyl groups is 1. The average Bonchev–Trinajstić information content (AvgIpc) is 2.49. The third kappa shape index (κ3) is 3.51. The van der Waals surface area contributed by atoms with Crippen LogP contribution in [0.1, 0.15) is 44.6 Å². The molecule has 1 atom stereocenters. The van der Waals surface area contributed by atoms with Gasteiger partial charge in [0.2, 0.25) is 0 Å². The van der Waals surface area contributed by atoms with E-state index in [0.29, 0.717) is 17.9 Å². The van der Waals surface area contributed by atoms with E-state index >= 15 is 0 Å². The van der Waals surface area contributed by atoms with Crippen molar-refractivity contribution in [3.8, 4) is 5.75 Å². The number of hydrogen-bond acceptors (Lipinski definition) is 2. The van der Waals surface area contributed by atoms with Crippen LogP contribution in [0.15, 0.2) is 18.2 Å². The van der Waals surface area contributed by atoms with Gasteiger partial charge in [-0.1, -0.05) is 38.3 Å². The first-order valence-electron chi connectivity index (χ1n) is 7.65. The van der Waals surface area contributed by atoms with Crippen molar-refractivity contribution in [3.05, 3.63) is 29.6 Å². The summed E-state index contributed by atoms with van der Waals surface area (Å²) in [5.74, 6) is 1.04. The molecule has 1 aromatic rings. The summed E-state index contributed by atoms with van der Waals surface area (Å²) in [6, 6.07) is 5.12. The summed E-state index contributed by atoms with van der Waals surface area (Å²) in [4.78, 5) is 0. The predicted molar refractivity (Wildman–Crippen MR) is 78.4 cm³/mol. The number of halogens is 1. The zero-order valence-corrected chi connectivity index (χ0v) is 12.4. The molecule has 0 amide bonds. The van der Waals surface area contributed by atoms with E-state index in [4.69, 9.17) is 4.74 Å². The molecule has 0 radical (unpaired) electrons. The van der Waals surface area contributed by atoms with Crippen LogP contribution < -0.4 is 4.74 Å². The molecule has 112 valence electrons. The summed E-state index contributed by atoms with van der Waals surface area (Å²) < 4.78 is 19.1. The lowest BCUT2D eigenvalue weighted by atomic mass is 9.77. The lowest BCUT2D eigenvalue weighted by Gasteiger charge is -2.31. The fourth-order valence-electron chi connectivity index (χ4n) is 3.24. The second kappa shape index (κ2) is 7.07. The summed E-state index contributed by atoms with van der Waals surface area (Å²) in [5, 5.41) is 10.4. The summed E-state index contributed by atoms with van der Waals surface area (Å²) in [5.41, 5.74) is 0.550. The highest BCUT2D eigenvalue weighted by atomic mass is 19.1. The third-order valence-electron chi connectivity index (χ3n) is 4.71. The van der Waals surface area contributed by atoms with Gasteiger partial charge < -0.3 is 9.84 Å². The van der Waals surface area contributed by atoms with Gasteiger partial charge in [0.25, 0.3) is 0 Å². The van der Waals surface area contributed by atoms with E-state index in [9.17, 15) is 9.50 Å². The summed E-state index contributed by atoms with van der Waals surface area (Å²) in [6.07, 6.45) is 5.67. The maximum atomic E-state index is 14.1. The molecular formula is C17H25FO2. The molecule has 0 saturated heterocycles. The van der Waals surface area contributed by atoms with Crippen molar-refractivity contribution < 1.29 is 14.2 Å². The van der Waals surface area contributed by atoms with Crippen LogP contribution >= 0.6 is 0 Å². The van der Waals surface area contributed by atoms with Crippen LogP contribution in [0.25, 0.3) is 0 Å². The van der Waals surface area contributed by atoms with Gasteiger partial charge in [-0.05, 0) is 36.3 Å². The van der Waals surface area contributed by atoms with E-state index < -0.39 is 6.10 Å². The maximum absolute atomic E-state index is 14.1. The lowest BCUT2D eigenvalue weighted by Crippen LogP contribution is -2.27. The Kier molecular flexibility index (Phi) is 5.41. The summed E-state index contributed by atoms with van der Waals surface area (Å²) >= 11 is 0. The van der Waals surface area contributed by atoms with E-state index in [-0.39, 0.29) is 11.6 Å². The Balaban J connectivity index is 1.96. The second-order valence-electron chi connectivity index (χ2n) is 5.89. The second-order valence-corrected chi connectivity index (χ2v) is 5.89. The van der Waals surface area contributed by atoms with E-state index in [1.165, 1.54) is 26.4 Å². The Morgan fingerprint density at radius 3 is 2.60 bits per heavy atom. The maximum Gasteiger partial charge on any atom is 0.168 e. The molecule has 20 heavy (non-hydrogen) atoms. The van der Waals surface area contributed by atoms with E-state index in [1.807, 2.05) is 0 Å². The molecule has 1 fully saturated rings. The number of benzene rings is 1. The van der Waals surface area contributed by atoms with Gasteiger partial charge in [-0.2, -0.15) is 0 Å². The van der Waals surface area contributed by atoms with Crippen LogP contribution in [0.4, 0.5) is 4.39 Å². The molecule has 0 spiro atoms. The Morgan fingerprint density at radius 1 is 1.30 bits per heavy atom. The first kappa shape index (κ1) is 15.3. The molecule has 0 bridgehead atoms. The molecule has 1 aliphatic rings. The highest BCUT2D eigenvalue weighted by molar-refractivity contribution is 5.31. The highest BCUT2D eigenvalue weighted by Crippen LogP contribution is 2.34. The van der Waals surface area contributed by atoms with Gasteiger partial charge >= 0.3 is 0 Å². The molecule has 1 aliphatic carbocycles.